The molecule has 0 atom stereocenters. The van der Waals surface area contributed by atoms with E-state index in [0.717, 1.165) is 0 Å². The molecule has 0 saturated carbocycles. The van der Waals surface area contributed by atoms with E-state index in [0.29, 0.717) is 23.5 Å². The third-order valence-corrected chi connectivity index (χ3v) is 2.68. The maximum atomic E-state index is 13.6. The largest absolute Gasteiger partial charge is 0.481 e. The van der Waals surface area contributed by atoms with Crippen LogP contribution in [0.2, 0.25) is 0 Å². The molecule has 0 fully saturated rings. The van der Waals surface area contributed by atoms with E-state index in [1.165, 1.54) is 6.07 Å². The molecule has 1 aromatic carbocycles. The van der Waals surface area contributed by atoms with Gasteiger partial charge in [-0.2, -0.15) is 0 Å². The molecule has 18 heavy (non-hydrogen) atoms. The van der Waals surface area contributed by atoms with Crippen molar-refractivity contribution in [2.24, 2.45) is 7.05 Å². The third-order valence-electron chi connectivity index (χ3n) is 2.68. The Morgan fingerprint density at radius 3 is 2.83 bits per heavy atom. The molecular weight excluding hydrogens is 235 g/mol. The summed E-state index contributed by atoms with van der Waals surface area (Å²) in [5.41, 5.74) is 0.950. The van der Waals surface area contributed by atoms with Crippen molar-refractivity contribution in [1.82, 2.24) is 9.55 Å². The Bertz CT molecular complexity index is 578. The highest BCUT2D eigenvalue weighted by atomic mass is 19.1. The Balaban J connectivity index is 2.29. The minimum absolute atomic E-state index is 0.0154. The van der Waals surface area contributed by atoms with Gasteiger partial charge in [-0.25, -0.2) is 9.37 Å². The summed E-state index contributed by atoms with van der Waals surface area (Å²) in [6, 6.07) is 6.39. The first-order valence-electron chi connectivity index (χ1n) is 5.57. The highest BCUT2D eigenvalue weighted by molar-refractivity contribution is 5.67. The summed E-state index contributed by atoms with van der Waals surface area (Å²) < 4.78 is 15.3. The van der Waals surface area contributed by atoms with Gasteiger partial charge in [0.2, 0.25) is 0 Å². The van der Waals surface area contributed by atoms with E-state index in [4.69, 9.17) is 5.11 Å². The zero-order chi connectivity index (χ0) is 13.1. The van der Waals surface area contributed by atoms with Gasteiger partial charge in [-0.05, 0) is 12.1 Å². The molecule has 1 N–H and O–H groups in total. The standard InChI is InChI=1S/C13H13FN2O2/c1-16-8-11(9-4-2-3-5-10(9)14)15-12(16)6-7-13(17)18/h2-5,8H,6-7H2,1H3,(H,17,18). The molecule has 0 spiro atoms. The first-order chi connectivity index (χ1) is 8.58. The third kappa shape index (κ3) is 2.56. The fraction of sp³-hybridized carbons (Fsp3) is 0.231. The molecular formula is C13H13FN2O2. The van der Waals surface area contributed by atoms with Crippen LogP contribution >= 0.6 is 0 Å². The van der Waals surface area contributed by atoms with Gasteiger partial charge in [0, 0.05) is 25.2 Å². The number of aliphatic carboxylic acids is 1. The predicted molar refractivity (Wildman–Crippen MR) is 64.6 cm³/mol. The monoisotopic (exact) mass is 248 g/mol. The fourth-order valence-corrected chi connectivity index (χ4v) is 1.75. The number of halogens is 1. The Morgan fingerprint density at radius 2 is 2.17 bits per heavy atom. The van der Waals surface area contributed by atoms with Gasteiger partial charge < -0.3 is 9.67 Å². The van der Waals surface area contributed by atoms with Crippen molar-refractivity contribution in [2.75, 3.05) is 0 Å². The average Bonchev–Trinajstić information content (AvgIpc) is 2.68. The smallest absolute Gasteiger partial charge is 0.303 e. The zero-order valence-corrected chi connectivity index (χ0v) is 9.93. The quantitative estimate of drug-likeness (QED) is 0.902. The van der Waals surface area contributed by atoms with Gasteiger partial charge in [-0.1, -0.05) is 12.1 Å². The van der Waals surface area contributed by atoms with Crippen LogP contribution in [-0.2, 0) is 18.3 Å². The van der Waals surface area contributed by atoms with Gasteiger partial charge in [0.05, 0.1) is 12.1 Å². The number of aromatic nitrogens is 2. The van der Waals surface area contributed by atoms with Crippen molar-refractivity contribution >= 4 is 5.97 Å². The molecule has 4 nitrogen and oxygen atoms in total. The van der Waals surface area contributed by atoms with Gasteiger partial charge in [0.15, 0.2) is 0 Å². The van der Waals surface area contributed by atoms with Crippen LogP contribution in [0.15, 0.2) is 30.5 Å². The second kappa shape index (κ2) is 5.00. The molecule has 1 aromatic heterocycles. The van der Waals surface area contributed by atoms with E-state index >= 15 is 0 Å². The number of benzene rings is 1. The number of carbonyl (C=O) groups is 1. The molecule has 0 aliphatic carbocycles. The lowest BCUT2D eigenvalue weighted by Gasteiger charge is -1.97. The summed E-state index contributed by atoms with van der Waals surface area (Å²) in [7, 11) is 1.77. The molecule has 0 radical (unpaired) electrons. The number of aryl methyl sites for hydroxylation is 2. The summed E-state index contributed by atoms with van der Waals surface area (Å²) in [6.07, 6.45) is 2.05. The molecule has 94 valence electrons. The van der Waals surface area contributed by atoms with Gasteiger partial charge in [0.1, 0.15) is 11.6 Å². The number of nitrogens with zero attached hydrogens (tertiary/aromatic N) is 2. The number of rotatable bonds is 4. The molecule has 0 bridgehead atoms. The minimum atomic E-state index is -0.870. The van der Waals surface area contributed by atoms with Crippen molar-refractivity contribution in [1.29, 1.82) is 0 Å². The Morgan fingerprint density at radius 1 is 1.44 bits per heavy atom. The highest BCUT2D eigenvalue weighted by Crippen LogP contribution is 2.21. The van der Waals surface area contributed by atoms with Crippen LogP contribution in [0.1, 0.15) is 12.2 Å². The summed E-state index contributed by atoms with van der Waals surface area (Å²) in [4.78, 5) is 14.8. The van der Waals surface area contributed by atoms with Gasteiger partial charge in [0.25, 0.3) is 0 Å². The van der Waals surface area contributed by atoms with E-state index in [2.05, 4.69) is 4.98 Å². The molecule has 0 aliphatic rings. The molecule has 0 saturated heterocycles. The molecule has 0 aliphatic heterocycles. The SMILES string of the molecule is Cn1cc(-c2ccccc2F)nc1CCC(=O)O. The fourth-order valence-electron chi connectivity index (χ4n) is 1.75. The summed E-state index contributed by atoms with van der Waals surface area (Å²) >= 11 is 0. The van der Waals surface area contributed by atoms with E-state index < -0.39 is 5.97 Å². The molecule has 2 rings (SSSR count). The maximum absolute atomic E-state index is 13.6. The van der Waals surface area contributed by atoms with Crippen LogP contribution in [-0.4, -0.2) is 20.6 Å². The summed E-state index contributed by atoms with van der Waals surface area (Å²) in [5.74, 6) is -0.568. The van der Waals surface area contributed by atoms with Crippen LogP contribution in [0.3, 0.4) is 0 Å². The van der Waals surface area contributed by atoms with Crippen LogP contribution in [0, 0.1) is 5.82 Å². The van der Waals surface area contributed by atoms with Crippen molar-refractivity contribution in [3.63, 3.8) is 0 Å². The average molecular weight is 248 g/mol. The molecule has 0 amide bonds. The number of imidazole rings is 1. The van der Waals surface area contributed by atoms with Crippen molar-refractivity contribution in [3.8, 4) is 11.3 Å². The lowest BCUT2D eigenvalue weighted by molar-refractivity contribution is -0.137. The van der Waals surface area contributed by atoms with Crippen molar-refractivity contribution in [3.05, 3.63) is 42.1 Å². The van der Waals surface area contributed by atoms with Gasteiger partial charge in [-0.3, -0.25) is 4.79 Å². The zero-order valence-electron chi connectivity index (χ0n) is 9.93. The number of carboxylic acid groups (broad SMARTS) is 1. The van der Waals surface area contributed by atoms with Crippen LogP contribution in [0.5, 0.6) is 0 Å². The van der Waals surface area contributed by atoms with Crippen LogP contribution in [0.25, 0.3) is 11.3 Å². The predicted octanol–water partition coefficient (Wildman–Crippen LogP) is 2.24. The first-order valence-corrected chi connectivity index (χ1v) is 5.57. The summed E-state index contributed by atoms with van der Waals surface area (Å²) in [6.45, 7) is 0. The molecule has 0 unspecified atom stereocenters. The highest BCUT2D eigenvalue weighted by Gasteiger charge is 2.11. The second-order valence-corrected chi connectivity index (χ2v) is 4.03. The lowest BCUT2D eigenvalue weighted by atomic mass is 10.1. The van der Waals surface area contributed by atoms with E-state index in [-0.39, 0.29) is 12.2 Å². The van der Waals surface area contributed by atoms with Crippen LogP contribution < -0.4 is 0 Å². The lowest BCUT2D eigenvalue weighted by Crippen LogP contribution is -2.02. The maximum Gasteiger partial charge on any atom is 0.303 e. The Kier molecular flexibility index (Phi) is 3.41. The normalized spacial score (nSPS) is 10.6. The number of hydrogen-bond donors (Lipinski definition) is 1. The number of hydrogen-bond acceptors (Lipinski definition) is 2. The molecule has 5 heteroatoms. The topological polar surface area (TPSA) is 55.1 Å². The van der Waals surface area contributed by atoms with E-state index in [1.807, 2.05) is 0 Å². The Labute approximate surface area is 104 Å². The Hall–Kier alpha value is -2.17. The minimum Gasteiger partial charge on any atom is -0.481 e. The van der Waals surface area contributed by atoms with Gasteiger partial charge in [-0.15, -0.1) is 0 Å². The van der Waals surface area contributed by atoms with Gasteiger partial charge >= 0.3 is 5.97 Å². The molecule has 2 aromatic rings. The summed E-state index contributed by atoms with van der Waals surface area (Å²) in [5, 5.41) is 8.64. The number of carboxylic acids is 1. The molecule has 1 heterocycles. The second-order valence-electron chi connectivity index (χ2n) is 4.03. The first kappa shape index (κ1) is 12.3. The van der Waals surface area contributed by atoms with Crippen molar-refractivity contribution in [2.45, 2.75) is 12.8 Å². The van der Waals surface area contributed by atoms with E-state index in [1.54, 1.807) is 36.0 Å². The van der Waals surface area contributed by atoms with Crippen LogP contribution in [0.4, 0.5) is 4.39 Å². The van der Waals surface area contributed by atoms with Crippen molar-refractivity contribution < 1.29 is 14.3 Å². The van der Waals surface area contributed by atoms with E-state index in [9.17, 15) is 9.18 Å².